The van der Waals surface area contributed by atoms with E-state index < -0.39 is 0 Å². The van der Waals surface area contributed by atoms with E-state index in [2.05, 4.69) is 54.8 Å². The summed E-state index contributed by atoms with van der Waals surface area (Å²) >= 11 is 0. The molecule has 0 aliphatic heterocycles. The van der Waals surface area contributed by atoms with E-state index in [0.29, 0.717) is 18.0 Å². The minimum atomic E-state index is 0.495. The van der Waals surface area contributed by atoms with Gasteiger partial charge in [0.2, 0.25) is 0 Å². The van der Waals surface area contributed by atoms with Crippen LogP contribution in [0.5, 0.6) is 0 Å². The first kappa shape index (κ1) is 21.0. The van der Waals surface area contributed by atoms with Gasteiger partial charge in [-0.25, -0.2) is 4.98 Å². The smallest absolute Gasteiger partial charge is 0.146 e. The maximum Gasteiger partial charge on any atom is 0.146 e. The van der Waals surface area contributed by atoms with E-state index in [9.17, 15) is 5.41 Å². The number of nitrogens with one attached hydrogen (secondary N) is 1. The Morgan fingerprint density at radius 1 is 0.909 bits per heavy atom. The lowest BCUT2D eigenvalue weighted by atomic mass is 9.99. The summed E-state index contributed by atoms with van der Waals surface area (Å²) in [5.41, 5.74) is 5.56. The van der Waals surface area contributed by atoms with Gasteiger partial charge in [-0.3, -0.25) is 5.41 Å². The Hall–Kier alpha value is -3.86. The van der Waals surface area contributed by atoms with Gasteiger partial charge in [-0.1, -0.05) is 74.5 Å². The summed E-state index contributed by atoms with van der Waals surface area (Å²) in [5, 5.41) is 10.1. The van der Waals surface area contributed by atoms with Gasteiger partial charge in [0.05, 0.1) is 30.2 Å². The molecule has 0 spiro atoms. The standard InChI is InChI=1S/C28H28N4O/c1-20(2)15-16-31-19-30-28-25(27(31)29)24(21-10-5-3-6-11-21)26(22-12-7-4-8-13-22)32(28)18-23-14-9-17-33-23/h3-14,17,19-20,29H,15-16,18H2,1-2H3. The Kier molecular flexibility index (Phi) is 5.69. The molecule has 0 saturated heterocycles. The molecule has 0 atom stereocenters. The van der Waals surface area contributed by atoms with Gasteiger partial charge in [-0.05, 0) is 35.6 Å². The average Bonchev–Trinajstić information content (AvgIpc) is 3.46. The number of aryl methyl sites for hydroxylation is 1. The van der Waals surface area contributed by atoms with Gasteiger partial charge in [0.25, 0.3) is 0 Å². The third-order valence-corrected chi connectivity index (χ3v) is 6.03. The number of hydrogen-bond donors (Lipinski definition) is 1. The van der Waals surface area contributed by atoms with Crippen LogP contribution in [0.2, 0.25) is 0 Å². The highest BCUT2D eigenvalue weighted by Gasteiger charge is 2.23. The lowest BCUT2D eigenvalue weighted by molar-refractivity contribution is 0.494. The first-order valence-electron chi connectivity index (χ1n) is 11.4. The molecule has 0 saturated carbocycles. The Bertz CT molecular complexity index is 1410. The van der Waals surface area contributed by atoms with Gasteiger partial charge < -0.3 is 13.6 Å². The fourth-order valence-corrected chi connectivity index (χ4v) is 4.35. The number of aromatic nitrogens is 3. The van der Waals surface area contributed by atoms with E-state index in [1.165, 1.54) is 0 Å². The summed E-state index contributed by atoms with van der Waals surface area (Å²) in [6.07, 6.45) is 4.52. The van der Waals surface area contributed by atoms with Crippen molar-refractivity contribution in [2.75, 3.05) is 0 Å². The van der Waals surface area contributed by atoms with E-state index >= 15 is 0 Å². The van der Waals surface area contributed by atoms with Crippen molar-refractivity contribution in [3.05, 3.63) is 96.6 Å². The molecule has 5 rings (SSSR count). The van der Waals surface area contributed by atoms with Crippen molar-refractivity contribution in [2.24, 2.45) is 5.92 Å². The summed E-state index contributed by atoms with van der Waals surface area (Å²) in [7, 11) is 0. The molecule has 3 aromatic heterocycles. The van der Waals surface area contributed by atoms with Crippen LogP contribution in [0, 0.1) is 11.3 Å². The van der Waals surface area contributed by atoms with Crippen molar-refractivity contribution in [1.29, 1.82) is 5.41 Å². The SMILES string of the molecule is CC(C)CCn1cnc2c(c(-c3ccccc3)c(-c3ccccc3)n2Cc2ccco2)c1=N. The predicted molar refractivity (Wildman–Crippen MR) is 132 cm³/mol. The second-order valence-corrected chi connectivity index (χ2v) is 8.79. The quantitative estimate of drug-likeness (QED) is 0.324. The topological polar surface area (TPSA) is 59.7 Å². The molecule has 5 nitrogen and oxygen atoms in total. The van der Waals surface area contributed by atoms with Crippen LogP contribution in [0.1, 0.15) is 26.0 Å². The normalized spacial score (nSPS) is 11.5. The molecule has 2 aromatic carbocycles. The van der Waals surface area contributed by atoms with Gasteiger partial charge in [0.15, 0.2) is 0 Å². The highest BCUT2D eigenvalue weighted by Crippen LogP contribution is 2.39. The maximum atomic E-state index is 9.18. The zero-order valence-electron chi connectivity index (χ0n) is 19.0. The van der Waals surface area contributed by atoms with E-state index in [4.69, 9.17) is 9.40 Å². The fraction of sp³-hybridized carbons (Fsp3) is 0.214. The largest absolute Gasteiger partial charge is 0.467 e. The first-order chi connectivity index (χ1) is 16.1. The Morgan fingerprint density at radius 2 is 1.61 bits per heavy atom. The molecule has 33 heavy (non-hydrogen) atoms. The molecule has 0 unspecified atom stereocenters. The summed E-state index contributed by atoms with van der Waals surface area (Å²) in [5.74, 6) is 1.41. The summed E-state index contributed by atoms with van der Waals surface area (Å²) in [6, 6.07) is 24.6. The zero-order chi connectivity index (χ0) is 22.8. The summed E-state index contributed by atoms with van der Waals surface area (Å²) in [6.45, 7) is 5.73. The van der Waals surface area contributed by atoms with E-state index in [-0.39, 0.29) is 0 Å². The lowest BCUT2D eigenvalue weighted by Crippen LogP contribution is -2.22. The molecule has 5 aromatic rings. The molecule has 3 heterocycles. The molecule has 0 aliphatic carbocycles. The van der Waals surface area contributed by atoms with Crippen molar-refractivity contribution in [2.45, 2.75) is 33.4 Å². The van der Waals surface area contributed by atoms with Crippen LogP contribution in [0.3, 0.4) is 0 Å². The van der Waals surface area contributed by atoms with Crippen LogP contribution >= 0.6 is 0 Å². The van der Waals surface area contributed by atoms with Crippen LogP contribution in [-0.2, 0) is 13.1 Å². The van der Waals surface area contributed by atoms with Crippen molar-refractivity contribution in [3.8, 4) is 22.4 Å². The molecule has 5 heteroatoms. The highest BCUT2D eigenvalue weighted by atomic mass is 16.3. The number of furan rings is 1. The molecule has 1 N–H and O–H groups in total. The van der Waals surface area contributed by atoms with E-state index in [0.717, 1.165) is 52.1 Å². The monoisotopic (exact) mass is 436 g/mol. The first-order valence-corrected chi connectivity index (χ1v) is 11.4. The molecule has 0 bridgehead atoms. The second-order valence-electron chi connectivity index (χ2n) is 8.79. The number of benzene rings is 2. The summed E-state index contributed by atoms with van der Waals surface area (Å²) < 4.78 is 9.87. The van der Waals surface area contributed by atoms with Crippen LogP contribution in [0.15, 0.2) is 89.8 Å². The van der Waals surface area contributed by atoms with Crippen molar-refractivity contribution < 1.29 is 4.42 Å². The Labute approximate surface area is 193 Å². The third kappa shape index (κ3) is 4.02. The second kappa shape index (κ2) is 8.94. The molecule has 0 aliphatic rings. The minimum Gasteiger partial charge on any atom is -0.467 e. The fourth-order valence-electron chi connectivity index (χ4n) is 4.35. The molecular formula is C28H28N4O. The van der Waals surface area contributed by atoms with Crippen LogP contribution < -0.4 is 5.49 Å². The Balaban J connectivity index is 1.85. The van der Waals surface area contributed by atoms with E-state index in [1.807, 2.05) is 47.3 Å². The van der Waals surface area contributed by atoms with Crippen LogP contribution in [0.4, 0.5) is 0 Å². The molecule has 166 valence electrons. The number of rotatable bonds is 7. The Morgan fingerprint density at radius 3 is 2.24 bits per heavy atom. The van der Waals surface area contributed by atoms with Crippen molar-refractivity contribution in [3.63, 3.8) is 0 Å². The number of hydrogen-bond acceptors (Lipinski definition) is 3. The molecule has 0 amide bonds. The van der Waals surface area contributed by atoms with Gasteiger partial charge >= 0.3 is 0 Å². The van der Waals surface area contributed by atoms with Gasteiger partial charge in [-0.2, -0.15) is 0 Å². The zero-order valence-corrected chi connectivity index (χ0v) is 19.0. The van der Waals surface area contributed by atoms with Gasteiger partial charge in [-0.15, -0.1) is 0 Å². The average molecular weight is 437 g/mol. The van der Waals surface area contributed by atoms with Gasteiger partial charge in [0.1, 0.15) is 16.9 Å². The van der Waals surface area contributed by atoms with Crippen molar-refractivity contribution in [1.82, 2.24) is 14.1 Å². The number of fused-ring (bicyclic) bond motifs is 1. The van der Waals surface area contributed by atoms with Crippen molar-refractivity contribution >= 4 is 11.0 Å². The van der Waals surface area contributed by atoms with E-state index in [1.54, 1.807) is 6.26 Å². The lowest BCUT2D eigenvalue weighted by Gasteiger charge is -2.11. The molecular weight excluding hydrogens is 408 g/mol. The molecule has 0 fully saturated rings. The number of nitrogens with zero attached hydrogens (tertiary/aromatic N) is 3. The highest BCUT2D eigenvalue weighted by molar-refractivity contribution is 6.02. The third-order valence-electron chi connectivity index (χ3n) is 6.03. The maximum absolute atomic E-state index is 9.18. The summed E-state index contributed by atoms with van der Waals surface area (Å²) in [4.78, 5) is 4.90. The van der Waals surface area contributed by atoms with Crippen LogP contribution in [0.25, 0.3) is 33.4 Å². The van der Waals surface area contributed by atoms with Gasteiger partial charge in [0, 0.05) is 12.1 Å². The van der Waals surface area contributed by atoms with Crippen LogP contribution in [-0.4, -0.2) is 14.1 Å². The minimum absolute atomic E-state index is 0.495. The molecule has 0 radical (unpaired) electrons. The predicted octanol–water partition coefficient (Wildman–Crippen LogP) is 6.34.